The van der Waals surface area contributed by atoms with E-state index in [1.807, 2.05) is 30.3 Å². The number of hydrogen-bond acceptors (Lipinski definition) is 4. The summed E-state index contributed by atoms with van der Waals surface area (Å²) in [4.78, 5) is 25.5. The number of carbonyl (C=O) groups is 2. The average molecular weight is 418 g/mol. The second-order valence-corrected chi connectivity index (χ2v) is 7.43. The Hall–Kier alpha value is -3.80. The third-order valence-corrected chi connectivity index (χ3v) is 4.32. The Kier molecular flexibility index (Phi) is 7.65. The molecule has 0 unspecified atom stereocenters. The van der Waals surface area contributed by atoms with Gasteiger partial charge in [-0.2, -0.15) is 0 Å². The van der Waals surface area contributed by atoms with Gasteiger partial charge in [0.25, 0.3) is 11.8 Å². The number of nitrogens with one attached hydrogen (secondary N) is 2. The molecule has 0 saturated heterocycles. The van der Waals surface area contributed by atoms with E-state index in [9.17, 15) is 9.59 Å². The molecule has 3 aromatic rings. The largest absolute Gasteiger partial charge is 0.493 e. The minimum Gasteiger partial charge on any atom is -0.493 e. The molecular weight excluding hydrogens is 392 g/mol. The van der Waals surface area contributed by atoms with Crippen LogP contribution in [0.15, 0.2) is 83.1 Å². The highest BCUT2D eigenvalue weighted by Gasteiger charge is 2.15. The topological polar surface area (TPSA) is 80.6 Å². The van der Waals surface area contributed by atoms with Gasteiger partial charge in [-0.1, -0.05) is 44.2 Å². The summed E-state index contributed by atoms with van der Waals surface area (Å²) in [5.41, 5.74) is 1.46. The van der Waals surface area contributed by atoms with Crippen LogP contribution in [0.2, 0.25) is 0 Å². The van der Waals surface area contributed by atoms with Crippen LogP contribution in [0.3, 0.4) is 0 Å². The van der Waals surface area contributed by atoms with E-state index in [1.165, 1.54) is 12.3 Å². The lowest BCUT2D eigenvalue weighted by Crippen LogP contribution is -2.34. The lowest BCUT2D eigenvalue weighted by atomic mass is 10.2. The molecule has 0 bridgehead atoms. The quantitative estimate of drug-likeness (QED) is 0.505. The van der Waals surface area contributed by atoms with E-state index in [0.29, 0.717) is 36.1 Å². The molecule has 1 aromatic heterocycles. The number of carbonyl (C=O) groups excluding carboxylic acids is 2. The van der Waals surface area contributed by atoms with Crippen LogP contribution < -0.4 is 15.4 Å². The highest BCUT2D eigenvalue weighted by Crippen LogP contribution is 2.14. The van der Waals surface area contributed by atoms with Crippen molar-refractivity contribution in [1.82, 2.24) is 10.6 Å². The minimum absolute atomic E-state index is 0.0935. The minimum atomic E-state index is -0.412. The molecule has 0 fully saturated rings. The summed E-state index contributed by atoms with van der Waals surface area (Å²) >= 11 is 0. The molecule has 0 aliphatic heterocycles. The molecule has 2 aromatic carbocycles. The van der Waals surface area contributed by atoms with Gasteiger partial charge in [0.05, 0.1) is 12.9 Å². The number of rotatable bonds is 9. The van der Waals surface area contributed by atoms with Gasteiger partial charge in [0.2, 0.25) is 0 Å². The number of furan rings is 1. The van der Waals surface area contributed by atoms with Crippen molar-refractivity contribution >= 4 is 17.9 Å². The lowest BCUT2D eigenvalue weighted by Gasteiger charge is -2.12. The van der Waals surface area contributed by atoms with Crippen molar-refractivity contribution < 1.29 is 18.7 Å². The van der Waals surface area contributed by atoms with E-state index in [-0.39, 0.29) is 5.70 Å². The summed E-state index contributed by atoms with van der Waals surface area (Å²) in [6.07, 6.45) is 3.00. The fourth-order valence-corrected chi connectivity index (χ4v) is 2.71. The summed E-state index contributed by atoms with van der Waals surface area (Å²) in [5.74, 6) is 0.750. The summed E-state index contributed by atoms with van der Waals surface area (Å²) in [6.45, 7) is 5.07. The van der Waals surface area contributed by atoms with Crippen LogP contribution in [0.4, 0.5) is 0 Å². The molecule has 0 atom stereocenters. The van der Waals surface area contributed by atoms with Gasteiger partial charge >= 0.3 is 0 Å². The molecule has 2 amide bonds. The average Bonchev–Trinajstić information content (AvgIpc) is 3.30. The Labute approximate surface area is 181 Å². The molecule has 3 rings (SSSR count). The number of hydrogen-bond donors (Lipinski definition) is 2. The van der Waals surface area contributed by atoms with Crippen molar-refractivity contribution in [2.45, 2.75) is 20.4 Å². The second-order valence-electron chi connectivity index (χ2n) is 7.43. The van der Waals surface area contributed by atoms with Crippen LogP contribution in [0, 0.1) is 5.92 Å². The standard InChI is InChI=1S/C25H26N2O4/c1-18(2)17-31-21-12-10-20(11-13-21)24(28)27-23(15-22-9-6-14-30-22)25(29)26-16-19-7-4-3-5-8-19/h3-15,18H,16-17H2,1-2H3,(H,26,29)(H,27,28). The molecule has 0 radical (unpaired) electrons. The fraction of sp³-hybridized carbons (Fsp3) is 0.200. The monoisotopic (exact) mass is 418 g/mol. The number of ether oxygens (including phenoxy) is 1. The smallest absolute Gasteiger partial charge is 0.268 e. The van der Waals surface area contributed by atoms with Gasteiger partial charge < -0.3 is 19.8 Å². The van der Waals surface area contributed by atoms with Gasteiger partial charge in [-0.3, -0.25) is 9.59 Å². The van der Waals surface area contributed by atoms with Crippen molar-refractivity contribution in [2.75, 3.05) is 6.61 Å². The molecule has 160 valence electrons. The number of benzene rings is 2. The van der Waals surface area contributed by atoms with E-state index < -0.39 is 11.8 Å². The molecule has 31 heavy (non-hydrogen) atoms. The van der Waals surface area contributed by atoms with Crippen molar-refractivity contribution in [1.29, 1.82) is 0 Å². The highest BCUT2D eigenvalue weighted by molar-refractivity contribution is 6.05. The van der Waals surface area contributed by atoms with Crippen LogP contribution in [-0.4, -0.2) is 18.4 Å². The van der Waals surface area contributed by atoms with E-state index >= 15 is 0 Å². The maximum atomic E-state index is 12.8. The Morgan fingerprint density at radius 3 is 2.39 bits per heavy atom. The van der Waals surface area contributed by atoms with Crippen LogP contribution in [0.25, 0.3) is 6.08 Å². The first kappa shape index (κ1) is 21.9. The van der Waals surface area contributed by atoms with Crippen LogP contribution in [0.1, 0.15) is 35.5 Å². The molecule has 0 saturated carbocycles. The third kappa shape index (κ3) is 6.89. The zero-order valence-corrected chi connectivity index (χ0v) is 17.6. The predicted octanol–water partition coefficient (Wildman–Crippen LogP) is 4.40. The summed E-state index contributed by atoms with van der Waals surface area (Å²) < 4.78 is 10.9. The molecule has 0 spiro atoms. The van der Waals surface area contributed by atoms with Gasteiger partial charge in [-0.15, -0.1) is 0 Å². The summed E-state index contributed by atoms with van der Waals surface area (Å²) in [7, 11) is 0. The van der Waals surface area contributed by atoms with E-state index in [4.69, 9.17) is 9.15 Å². The van der Waals surface area contributed by atoms with Gasteiger partial charge in [-0.05, 0) is 47.9 Å². The van der Waals surface area contributed by atoms with Gasteiger partial charge in [0.15, 0.2) is 0 Å². The molecule has 2 N–H and O–H groups in total. The van der Waals surface area contributed by atoms with Crippen molar-refractivity contribution in [3.63, 3.8) is 0 Å². The Balaban J connectivity index is 1.69. The fourth-order valence-electron chi connectivity index (χ4n) is 2.71. The van der Waals surface area contributed by atoms with E-state index in [1.54, 1.807) is 36.4 Å². The Bertz CT molecular complexity index is 1010. The van der Waals surface area contributed by atoms with Crippen molar-refractivity contribution in [3.8, 4) is 5.75 Å². The normalized spacial score (nSPS) is 11.3. The SMILES string of the molecule is CC(C)COc1ccc(C(=O)NC(=Cc2ccco2)C(=O)NCc2ccccc2)cc1. The second kappa shape index (κ2) is 10.8. The molecule has 1 heterocycles. The van der Waals surface area contributed by atoms with Crippen molar-refractivity contribution in [3.05, 3.63) is 95.6 Å². The van der Waals surface area contributed by atoms with Crippen LogP contribution in [0.5, 0.6) is 5.75 Å². The zero-order chi connectivity index (χ0) is 22.1. The summed E-state index contributed by atoms with van der Waals surface area (Å²) in [6, 6.07) is 19.8. The molecule has 0 aliphatic carbocycles. The first-order valence-corrected chi connectivity index (χ1v) is 10.1. The highest BCUT2D eigenvalue weighted by atomic mass is 16.5. The van der Waals surface area contributed by atoms with E-state index in [0.717, 1.165) is 5.56 Å². The first-order valence-electron chi connectivity index (χ1n) is 10.1. The van der Waals surface area contributed by atoms with Crippen molar-refractivity contribution in [2.24, 2.45) is 5.92 Å². The molecule has 6 nitrogen and oxygen atoms in total. The Morgan fingerprint density at radius 2 is 1.74 bits per heavy atom. The maximum absolute atomic E-state index is 12.8. The molecule has 0 aliphatic rings. The summed E-state index contributed by atoms with van der Waals surface area (Å²) in [5, 5.41) is 5.51. The Morgan fingerprint density at radius 1 is 1.00 bits per heavy atom. The first-order chi connectivity index (χ1) is 15.0. The van der Waals surface area contributed by atoms with Crippen LogP contribution >= 0.6 is 0 Å². The molecule has 6 heteroatoms. The third-order valence-electron chi connectivity index (χ3n) is 4.32. The van der Waals surface area contributed by atoms with Crippen LogP contribution in [-0.2, 0) is 11.3 Å². The van der Waals surface area contributed by atoms with Gasteiger partial charge in [-0.25, -0.2) is 0 Å². The zero-order valence-electron chi connectivity index (χ0n) is 17.6. The lowest BCUT2D eigenvalue weighted by molar-refractivity contribution is -0.117. The van der Waals surface area contributed by atoms with E-state index in [2.05, 4.69) is 24.5 Å². The number of amides is 2. The van der Waals surface area contributed by atoms with Gasteiger partial charge in [0, 0.05) is 18.2 Å². The maximum Gasteiger partial charge on any atom is 0.268 e. The molecular formula is C25H26N2O4. The van der Waals surface area contributed by atoms with Gasteiger partial charge in [0.1, 0.15) is 17.2 Å². The predicted molar refractivity (Wildman–Crippen MR) is 119 cm³/mol.